The highest BCUT2D eigenvalue weighted by Gasteiger charge is 2.50. The van der Waals surface area contributed by atoms with Crippen LogP contribution >= 0.6 is 0 Å². The molecule has 0 radical (unpaired) electrons. The lowest BCUT2D eigenvalue weighted by Gasteiger charge is -2.22. The van der Waals surface area contributed by atoms with Crippen molar-refractivity contribution in [1.82, 2.24) is 14.9 Å². The Kier molecular flexibility index (Phi) is 6.42. The summed E-state index contributed by atoms with van der Waals surface area (Å²) in [6.45, 7) is -0.392. The summed E-state index contributed by atoms with van der Waals surface area (Å²) in [7, 11) is 0. The lowest BCUT2D eigenvalue weighted by molar-refractivity contribution is -0.158. The van der Waals surface area contributed by atoms with E-state index in [1.54, 1.807) is 5.32 Å². The fraction of sp³-hybridized carbons (Fsp3) is 0.292. The average Bonchev–Trinajstić information content (AvgIpc) is 3.62. The molecule has 1 aromatic carbocycles. The number of ether oxygens (including phenoxy) is 1. The highest BCUT2D eigenvalue weighted by Crippen LogP contribution is 2.40. The van der Waals surface area contributed by atoms with Crippen LogP contribution in [-0.2, 0) is 9.53 Å². The first-order valence-corrected chi connectivity index (χ1v) is 11.6. The van der Waals surface area contributed by atoms with Crippen molar-refractivity contribution in [1.29, 1.82) is 0 Å². The number of alkyl halides is 3. The van der Waals surface area contributed by atoms with Crippen LogP contribution in [-0.4, -0.2) is 52.3 Å². The van der Waals surface area contributed by atoms with E-state index in [4.69, 9.17) is 10.5 Å². The lowest BCUT2D eigenvalue weighted by Crippen LogP contribution is -2.48. The second-order valence-electron chi connectivity index (χ2n) is 9.22. The molecule has 10 nitrogen and oxygen atoms in total. The molecule has 3 aromatic rings. The number of benzene rings is 1. The molecule has 2 aliphatic rings. The van der Waals surface area contributed by atoms with E-state index in [-0.39, 0.29) is 18.7 Å². The molecular formula is C24H17F6N5O5. The molecule has 1 saturated heterocycles. The highest BCUT2D eigenvalue weighted by atomic mass is 19.4. The standard InChI is InChI=1S/C24H17F6N5O5/c25-10-5-13(26)17(14(27)6-10)35-7-12(22(38)33-19(9-1-2-9)24(28,29)30)18(36)11-3-4-16(32-21(11)35)34-8-15(20(31)37)40-23(34)39/h3-7,9,15,19H,1-2,8H2,(H2,31,37)(H,33,38)/t15-,19?/m0/s1. The predicted molar refractivity (Wildman–Crippen MR) is 124 cm³/mol. The number of amides is 3. The third-order valence-electron chi connectivity index (χ3n) is 6.44. The van der Waals surface area contributed by atoms with Gasteiger partial charge in [0.2, 0.25) is 5.43 Å². The van der Waals surface area contributed by atoms with Crippen LogP contribution in [0.25, 0.3) is 16.7 Å². The number of nitrogens with one attached hydrogen (secondary N) is 1. The van der Waals surface area contributed by atoms with E-state index in [0.717, 1.165) is 17.0 Å². The summed E-state index contributed by atoms with van der Waals surface area (Å²) in [5.74, 6) is -7.89. The maximum Gasteiger partial charge on any atom is 0.416 e. The first kappa shape index (κ1) is 27.0. The van der Waals surface area contributed by atoms with Crippen molar-refractivity contribution in [3.63, 3.8) is 0 Å². The van der Waals surface area contributed by atoms with Crippen LogP contribution in [0.4, 0.5) is 37.0 Å². The fourth-order valence-electron chi connectivity index (χ4n) is 4.35. The SMILES string of the molecule is NC(=O)[C@@H]1CN(c2ccc3c(=O)c(C(=O)NC(C4CC4)C(F)(F)F)cn(-c4c(F)cc(F)cc4F)c3n2)C(=O)O1. The summed E-state index contributed by atoms with van der Waals surface area (Å²) >= 11 is 0. The number of hydrogen-bond acceptors (Lipinski definition) is 6. The molecule has 1 saturated carbocycles. The Morgan fingerprint density at radius 2 is 1.75 bits per heavy atom. The molecule has 210 valence electrons. The smallest absolute Gasteiger partial charge is 0.416 e. The zero-order chi connectivity index (χ0) is 29.1. The van der Waals surface area contributed by atoms with Gasteiger partial charge in [0.25, 0.3) is 11.8 Å². The third kappa shape index (κ3) is 4.80. The summed E-state index contributed by atoms with van der Waals surface area (Å²) in [5.41, 5.74) is 1.55. The Labute approximate surface area is 219 Å². The number of rotatable bonds is 6. The van der Waals surface area contributed by atoms with Crippen LogP contribution in [0, 0.1) is 23.4 Å². The predicted octanol–water partition coefficient (Wildman–Crippen LogP) is 2.68. The maximum atomic E-state index is 14.9. The van der Waals surface area contributed by atoms with Crippen LogP contribution in [0.5, 0.6) is 0 Å². The molecule has 1 unspecified atom stereocenters. The number of carbonyl (C=O) groups excluding carboxylic acids is 3. The second-order valence-corrected chi connectivity index (χ2v) is 9.22. The van der Waals surface area contributed by atoms with Crippen LogP contribution < -0.4 is 21.4 Å². The van der Waals surface area contributed by atoms with Gasteiger partial charge in [-0.15, -0.1) is 0 Å². The fourth-order valence-corrected chi connectivity index (χ4v) is 4.35. The van der Waals surface area contributed by atoms with Crippen LogP contribution in [0.2, 0.25) is 0 Å². The number of nitrogens with two attached hydrogens (primary N) is 1. The zero-order valence-electron chi connectivity index (χ0n) is 20.0. The maximum absolute atomic E-state index is 14.9. The van der Waals surface area contributed by atoms with E-state index >= 15 is 0 Å². The van der Waals surface area contributed by atoms with Gasteiger partial charge in [-0.25, -0.2) is 22.9 Å². The minimum atomic E-state index is -4.83. The Morgan fingerprint density at radius 3 is 2.30 bits per heavy atom. The van der Waals surface area contributed by atoms with Gasteiger partial charge in [-0.1, -0.05) is 0 Å². The summed E-state index contributed by atoms with van der Waals surface area (Å²) < 4.78 is 89.3. The summed E-state index contributed by atoms with van der Waals surface area (Å²) in [6.07, 6.45) is -6.27. The van der Waals surface area contributed by atoms with E-state index in [1.807, 2.05) is 0 Å². The number of nitrogens with zero attached hydrogens (tertiary/aromatic N) is 3. The second kappa shape index (κ2) is 9.53. The van der Waals surface area contributed by atoms with Gasteiger partial charge in [-0.05, 0) is 30.9 Å². The van der Waals surface area contributed by atoms with Gasteiger partial charge in [0.1, 0.15) is 28.9 Å². The van der Waals surface area contributed by atoms with Crippen molar-refractivity contribution < 1.29 is 45.5 Å². The third-order valence-corrected chi connectivity index (χ3v) is 6.44. The number of carbonyl (C=O) groups is 3. The molecule has 1 aliphatic heterocycles. The van der Waals surface area contributed by atoms with Gasteiger partial charge in [0.15, 0.2) is 23.4 Å². The number of hydrogen-bond donors (Lipinski definition) is 2. The number of cyclic esters (lactones) is 1. The largest absolute Gasteiger partial charge is 0.434 e. The quantitative estimate of drug-likeness (QED) is 0.438. The van der Waals surface area contributed by atoms with E-state index in [9.17, 15) is 45.5 Å². The molecule has 3 amide bonds. The number of halogens is 6. The van der Waals surface area contributed by atoms with Crippen LogP contribution in [0.3, 0.4) is 0 Å². The topological polar surface area (TPSA) is 137 Å². The molecule has 2 fully saturated rings. The Bertz CT molecular complexity index is 1610. The zero-order valence-corrected chi connectivity index (χ0v) is 20.0. The van der Waals surface area contributed by atoms with E-state index in [0.29, 0.717) is 22.9 Å². The summed E-state index contributed by atoms with van der Waals surface area (Å²) in [4.78, 5) is 54.8. The molecule has 3 heterocycles. The summed E-state index contributed by atoms with van der Waals surface area (Å²) in [5, 5.41) is 1.30. The van der Waals surface area contributed by atoms with Gasteiger partial charge < -0.3 is 15.8 Å². The van der Waals surface area contributed by atoms with E-state index in [1.165, 1.54) is 0 Å². The van der Waals surface area contributed by atoms with Crippen molar-refractivity contribution in [2.24, 2.45) is 11.7 Å². The monoisotopic (exact) mass is 569 g/mol. The molecule has 0 bridgehead atoms. The Morgan fingerprint density at radius 1 is 1.10 bits per heavy atom. The number of anilines is 1. The van der Waals surface area contributed by atoms with Crippen LogP contribution in [0.15, 0.2) is 35.3 Å². The van der Waals surface area contributed by atoms with Gasteiger partial charge >= 0.3 is 12.3 Å². The first-order chi connectivity index (χ1) is 18.8. The van der Waals surface area contributed by atoms with Crippen molar-refractivity contribution in [3.8, 4) is 5.69 Å². The van der Waals surface area contributed by atoms with Gasteiger partial charge in [-0.3, -0.25) is 23.9 Å². The van der Waals surface area contributed by atoms with E-state index in [2.05, 4.69) is 4.98 Å². The van der Waals surface area contributed by atoms with Crippen LogP contribution in [0.1, 0.15) is 23.2 Å². The van der Waals surface area contributed by atoms with Crippen molar-refractivity contribution >= 4 is 34.8 Å². The molecule has 0 spiro atoms. The molecule has 1 aliphatic carbocycles. The minimum Gasteiger partial charge on any atom is -0.434 e. The summed E-state index contributed by atoms with van der Waals surface area (Å²) in [6, 6.07) is 0.435. The number of fused-ring (bicyclic) bond motifs is 1. The molecule has 5 rings (SSSR count). The molecule has 2 aromatic heterocycles. The van der Waals surface area contributed by atoms with E-state index < -0.39 is 93.9 Å². The molecule has 40 heavy (non-hydrogen) atoms. The van der Waals surface area contributed by atoms with Gasteiger partial charge in [0, 0.05) is 18.3 Å². The number of primary amides is 1. The molecule has 3 N–H and O–H groups in total. The lowest BCUT2D eigenvalue weighted by atomic mass is 10.1. The number of pyridine rings is 2. The first-order valence-electron chi connectivity index (χ1n) is 11.6. The van der Waals surface area contributed by atoms with Gasteiger partial charge in [-0.2, -0.15) is 13.2 Å². The van der Waals surface area contributed by atoms with Crippen molar-refractivity contribution in [2.45, 2.75) is 31.2 Å². The molecule has 16 heteroatoms. The normalized spacial score (nSPS) is 18.1. The van der Waals surface area contributed by atoms with Crippen molar-refractivity contribution in [2.75, 3.05) is 11.4 Å². The molecular weight excluding hydrogens is 552 g/mol. The Balaban J connectivity index is 1.69. The Hall–Kier alpha value is -4.63. The number of aromatic nitrogens is 2. The molecule has 2 atom stereocenters. The minimum absolute atomic E-state index is 0.195. The van der Waals surface area contributed by atoms with Gasteiger partial charge in [0.05, 0.1) is 11.9 Å². The highest BCUT2D eigenvalue weighted by molar-refractivity contribution is 5.98. The average molecular weight is 569 g/mol. The van der Waals surface area contributed by atoms with Crippen molar-refractivity contribution in [3.05, 3.63) is 63.7 Å².